The first-order valence-electron chi connectivity index (χ1n) is 9.03. The van der Waals surface area contributed by atoms with Crippen LogP contribution in [0.25, 0.3) is 22.0 Å². The summed E-state index contributed by atoms with van der Waals surface area (Å²) < 4.78 is 32.6. The lowest BCUT2D eigenvalue weighted by Gasteiger charge is -2.10. The number of aromatic amines is 1. The first-order valence-corrected chi connectivity index (χ1v) is 9.03. The van der Waals surface area contributed by atoms with Crippen molar-refractivity contribution in [3.8, 4) is 16.9 Å². The minimum atomic E-state index is -0.933. The van der Waals surface area contributed by atoms with Crippen LogP contribution in [0.15, 0.2) is 60.7 Å². The zero-order valence-corrected chi connectivity index (χ0v) is 15.5. The molecule has 146 valence electrons. The van der Waals surface area contributed by atoms with Gasteiger partial charge in [0.05, 0.1) is 17.7 Å². The molecule has 1 aromatic heterocycles. The molecule has 4 aromatic rings. The first-order chi connectivity index (χ1) is 14.1. The maximum Gasteiger partial charge on any atom is 0.259 e. The standard InChI is InChI=1S/C22H17F2N3O2/c1-2-29-20-6-4-3-5-15(20)13-7-9-17-19(11-13)26-27-21(17)25-22(28)16-10-8-14(23)12-18(16)24/h3-12H,2H2,1H3,(H2,25,26,27,28). The summed E-state index contributed by atoms with van der Waals surface area (Å²) in [4.78, 5) is 12.3. The highest BCUT2D eigenvalue weighted by Crippen LogP contribution is 2.33. The van der Waals surface area contributed by atoms with E-state index in [4.69, 9.17) is 4.74 Å². The molecule has 0 saturated carbocycles. The van der Waals surface area contributed by atoms with Gasteiger partial charge in [-0.05, 0) is 42.8 Å². The van der Waals surface area contributed by atoms with E-state index in [0.29, 0.717) is 23.6 Å². The molecule has 29 heavy (non-hydrogen) atoms. The lowest BCUT2D eigenvalue weighted by Crippen LogP contribution is -2.14. The number of nitrogens with one attached hydrogen (secondary N) is 2. The Morgan fingerprint density at radius 3 is 2.72 bits per heavy atom. The highest BCUT2D eigenvalue weighted by molar-refractivity contribution is 6.08. The molecular weight excluding hydrogens is 376 g/mol. The number of nitrogens with zero attached hydrogens (tertiary/aromatic N) is 1. The van der Waals surface area contributed by atoms with E-state index in [0.717, 1.165) is 29.0 Å². The van der Waals surface area contributed by atoms with Crippen LogP contribution in [0.1, 0.15) is 17.3 Å². The van der Waals surface area contributed by atoms with Crippen molar-refractivity contribution < 1.29 is 18.3 Å². The lowest BCUT2D eigenvalue weighted by atomic mass is 10.0. The number of para-hydroxylation sites is 1. The summed E-state index contributed by atoms with van der Waals surface area (Å²) in [6.45, 7) is 2.48. The van der Waals surface area contributed by atoms with Crippen LogP contribution in [0.2, 0.25) is 0 Å². The monoisotopic (exact) mass is 393 g/mol. The molecule has 1 heterocycles. The lowest BCUT2D eigenvalue weighted by molar-refractivity contribution is 0.102. The SMILES string of the molecule is CCOc1ccccc1-c1ccc2c(NC(=O)c3ccc(F)cc3F)n[nH]c2c1. The van der Waals surface area contributed by atoms with Crippen LogP contribution in [0.5, 0.6) is 5.75 Å². The van der Waals surface area contributed by atoms with Gasteiger partial charge in [-0.25, -0.2) is 8.78 Å². The highest BCUT2D eigenvalue weighted by atomic mass is 19.1. The minimum Gasteiger partial charge on any atom is -0.493 e. The Kier molecular flexibility index (Phi) is 4.95. The van der Waals surface area contributed by atoms with Crippen LogP contribution >= 0.6 is 0 Å². The summed E-state index contributed by atoms with van der Waals surface area (Å²) in [7, 11) is 0. The van der Waals surface area contributed by atoms with Gasteiger partial charge < -0.3 is 10.1 Å². The fourth-order valence-corrected chi connectivity index (χ4v) is 3.12. The minimum absolute atomic E-state index is 0.259. The van der Waals surface area contributed by atoms with Gasteiger partial charge in [0, 0.05) is 17.0 Å². The number of ether oxygens (including phenoxy) is 1. The average molecular weight is 393 g/mol. The molecule has 2 N–H and O–H groups in total. The molecule has 0 atom stereocenters. The number of aromatic nitrogens is 2. The smallest absolute Gasteiger partial charge is 0.259 e. The van der Waals surface area contributed by atoms with Crippen molar-refractivity contribution in [2.75, 3.05) is 11.9 Å². The molecule has 0 fully saturated rings. The zero-order chi connectivity index (χ0) is 20.4. The Morgan fingerprint density at radius 1 is 1.10 bits per heavy atom. The van der Waals surface area contributed by atoms with Crippen molar-refractivity contribution in [1.29, 1.82) is 0 Å². The molecule has 7 heteroatoms. The maximum absolute atomic E-state index is 13.8. The number of carbonyl (C=O) groups excluding carboxylic acids is 1. The molecule has 0 aliphatic carbocycles. The molecule has 4 rings (SSSR count). The van der Waals surface area contributed by atoms with E-state index in [1.165, 1.54) is 0 Å². The number of carbonyl (C=O) groups is 1. The second-order valence-electron chi connectivity index (χ2n) is 6.34. The molecular formula is C22H17F2N3O2. The van der Waals surface area contributed by atoms with Crippen molar-refractivity contribution in [3.63, 3.8) is 0 Å². The number of benzene rings is 3. The highest BCUT2D eigenvalue weighted by Gasteiger charge is 2.16. The van der Waals surface area contributed by atoms with Gasteiger partial charge in [-0.2, -0.15) is 5.10 Å². The van der Waals surface area contributed by atoms with Crippen molar-refractivity contribution in [1.82, 2.24) is 10.2 Å². The van der Waals surface area contributed by atoms with Gasteiger partial charge in [-0.1, -0.05) is 24.3 Å². The normalized spacial score (nSPS) is 10.9. The summed E-state index contributed by atoms with van der Waals surface area (Å²) in [5, 5.41) is 10.2. The number of anilines is 1. The summed E-state index contributed by atoms with van der Waals surface area (Å²) in [6, 6.07) is 16.1. The second-order valence-corrected chi connectivity index (χ2v) is 6.34. The van der Waals surface area contributed by atoms with Crippen molar-refractivity contribution in [2.45, 2.75) is 6.92 Å². The zero-order valence-electron chi connectivity index (χ0n) is 15.5. The Morgan fingerprint density at radius 2 is 1.93 bits per heavy atom. The van der Waals surface area contributed by atoms with Gasteiger partial charge in [0.2, 0.25) is 0 Å². The average Bonchev–Trinajstić information content (AvgIpc) is 3.10. The third-order valence-corrected chi connectivity index (χ3v) is 4.47. The molecule has 0 saturated heterocycles. The van der Waals surface area contributed by atoms with Gasteiger partial charge in [0.1, 0.15) is 17.4 Å². The van der Waals surface area contributed by atoms with Crippen molar-refractivity contribution in [2.24, 2.45) is 0 Å². The van der Waals surface area contributed by atoms with Crippen LogP contribution in [-0.2, 0) is 0 Å². The number of rotatable bonds is 5. The topological polar surface area (TPSA) is 67.0 Å². The van der Waals surface area contributed by atoms with Gasteiger partial charge in [-0.15, -0.1) is 0 Å². The van der Waals surface area contributed by atoms with Gasteiger partial charge in [-0.3, -0.25) is 9.89 Å². The summed E-state index contributed by atoms with van der Waals surface area (Å²) in [6.07, 6.45) is 0. The van der Waals surface area contributed by atoms with Crippen LogP contribution in [0.4, 0.5) is 14.6 Å². The number of hydrogen-bond acceptors (Lipinski definition) is 3. The van der Waals surface area contributed by atoms with Crippen LogP contribution < -0.4 is 10.1 Å². The number of fused-ring (bicyclic) bond motifs is 1. The first kappa shape index (κ1) is 18.6. The van der Waals surface area contributed by atoms with Gasteiger partial charge >= 0.3 is 0 Å². The van der Waals surface area contributed by atoms with E-state index >= 15 is 0 Å². The van der Waals surface area contributed by atoms with E-state index in [1.807, 2.05) is 49.4 Å². The second kappa shape index (κ2) is 7.71. The Hall–Kier alpha value is -3.74. The molecule has 0 bridgehead atoms. The quantitative estimate of drug-likeness (QED) is 0.492. The van der Waals surface area contributed by atoms with Crippen LogP contribution in [0, 0.1) is 11.6 Å². The van der Waals surface area contributed by atoms with Crippen molar-refractivity contribution >= 4 is 22.6 Å². The molecule has 0 unspecified atom stereocenters. The fourth-order valence-electron chi connectivity index (χ4n) is 3.12. The molecule has 5 nitrogen and oxygen atoms in total. The molecule has 0 radical (unpaired) electrons. The summed E-state index contributed by atoms with van der Waals surface area (Å²) in [5.41, 5.74) is 2.30. The predicted octanol–water partition coefficient (Wildman–Crippen LogP) is 5.16. The third-order valence-electron chi connectivity index (χ3n) is 4.47. The molecule has 0 aliphatic heterocycles. The largest absolute Gasteiger partial charge is 0.493 e. The van der Waals surface area contributed by atoms with E-state index in [-0.39, 0.29) is 11.4 Å². The Bertz CT molecular complexity index is 1200. The summed E-state index contributed by atoms with van der Waals surface area (Å²) >= 11 is 0. The molecule has 3 aromatic carbocycles. The number of amides is 1. The number of H-pyrrole nitrogens is 1. The maximum atomic E-state index is 13.8. The van der Waals surface area contributed by atoms with Crippen molar-refractivity contribution in [3.05, 3.63) is 77.9 Å². The molecule has 0 spiro atoms. The Labute approximate surface area is 165 Å². The predicted molar refractivity (Wildman–Crippen MR) is 107 cm³/mol. The Balaban J connectivity index is 1.65. The van der Waals surface area contributed by atoms with Crippen LogP contribution in [-0.4, -0.2) is 22.7 Å². The molecule has 1 amide bonds. The van der Waals surface area contributed by atoms with Gasteiger partial charge in [0.15, 0.2) is 5.82 Å². The van der Waals surface area contributed by atoms with E-state index in [1.54, 1.807) is 0 Å². The van der Waals surface area contributed by atoms with E-state index < -0.39 is 17.5 Å². The van der Waals surface area contributed by atoms with Gasteiger partial charge in [0.25, 0.3) is 5.91 Å². The third kappa shape index (κ3) is 3.67. The van der Waals surface area contributed by atoms with E-state index in [2.05, 4.69) is 15.5 Å². The van der Waals surface area contributed by atoms with E-state index in [9.17, 15) is 13.6 Å². The summed E-state index contributed by atoms with van der Waals surface area (Å²) in [5.74, 6) is -1.35. The fraction of sp³-hybridized carbons (Fsp3) is 0.0909. The number of hydrogen-bond donors (Lipinski definition) is 2. The van der Waals surface area contributed by atoms with Crippen LogP contribution in [0.3, 0.4) is 0 Å². The molecule has 0 aliphatic rings. The number of halogens is 2.